The van der Waals surface area contributed by atoms with Gasteiger partial charge < -0.3 is 8.83 Å². The fraction of sp³-hybridized carbons (Fsp3) is 0. The summed E-state index contributed by atoms with van der Waals surface area (Å²) in [5.41, 5.74) is -4.57. The molecule has 0 N–H and O–H groups in total. The molecule has 0 amide bonds. The van der Waals surface area contributed by atoms with Gasteiger partial charge in [-0.1, -0.05) is 133 Å². The van der Waals surface area contributed by atoms with Crippen LogP contribution >= 0.6 is 0 Å². The standard InChI is InChI=1S/C46H28N2O2/c1-2-9-29(10-3-1)32-11-6-12-33(25-32)30-19-21-31(22-20-30)34-23-24-42-40(27-34)44-46(50-42)43(47-28-48-44)36-14-7-13-35(26-36)37-16-8-17-39-38-15-4-5-18-41(38)49-45(37)39/h1-28H/i1D,2D,3D,4D,5D,6D,8D,9D,10D,11D,12D,13D,14D,15D,16D,17D,18D,19D,20D,21D,22D,25D,26D. The van der Waals surface area contributed by atoms with E-state index < -0.39 is 161 Å². The van der Waals surface area contributed by atoms with Gasteiger partial charge >= 0.3 is 0 Å². The van der Waals surface area contributed by atoms with Gasteiger partial charge in [-0.2, -0.15) is 0 Å². The number of furan rings is 2. The number of benzene rings is 7. The molecule has 4 nitrogen and oxygen atoms in total. The summed E-state index contributed by atoms with van der Waals surface area (Å²) in [6.45, 7) is 0. The molecule has 0 bridgehead atoms. The van der Waals surface area contributed by atoms with E-state index in [2.05, 4.69) is 9.97 Å². The van der Waals surface area contributed by atoms with Crippen LogP contribution < -0.4 is 0 Å². The third-order valence-electron chi connectivity index (χ3n) is 7.90. The molecule has 234 valence electrons. The van der Waals surface area contributed by atoms with Gasteiger partial charge in [-0.05, 0) is 69.2 Å². The van der Waals surface area contributed by atoms with Crippen molar-refractivity contribution in [2.24, 2.45) is 0 Å². The van der Waals surface area contributed by atoms with Gasteiger partial charge in [-0.3, -0.25) is 0 Å². The third-order valence-corrected chi connectivity index (χ3v) is 7.90. The molecule has 0 fully saturated rings. The summed E-state index contributed by atoms with van der Waals surface area (Å²) in [5.74, 6) is 0. The molecule has 0 saturated carbocycles. The number of rotatable bonds is 5. The molecule has 0 unspecified atom stereocenters. The SMILES string of the molecule is [2H]c1cc([2H])c(-c2c([2H])c([2H])c([2H])c3c2oc2c([2H])c([2H])c([2H])c([2H])c23)c([2H])c1-c1ncnc2c1oc1ccc(-c3c([2H])c([2H])c(-c4c([2H])c([2H])c([2H])c(-c5c([2H])c([2H])c([2H])c([2H])c5[2H])c4[2H])c([2H])c3[2H])cc12. The van der Waals surface area contributed by atoms with E-state index >= 15 is 0 Å². The molecule has 3 heterocycles. The molecule has 0 atom stereocenters. The average Bonchev–Trinajstić information content (AvgIpc) is 3.95. The van der Waals surface area contributed by atoms with Gasteiger partial charge in [-0.25, -0.2) is 9.97 Å². The zero-order valence-corrected chi connectivity index (χ0v) is 25.1. The molecule has 10 rings (SSSR count). The van der Waals surface area contributed by atoms with Crippen molar-refractivity contribution in [1.29, 1.82) is 0 Å². The second-order valence-corrected chi connectivity index (χ2v) is 10.8. The Morgan fingerprint density at radius 1 is 0.440 bits per heavy atom. The van der Waals surface area contributed by atoms with Crippen molar-refractivity contribution >= 4 is 44.0 Å². The van der Waals surface area contributed by atoms with Crippen LogP contribution in [0.5, 0.6) is 0 Å². The van der Waals surface area contributed by atoms with E-state index in [1.165, 1.54) is 18.2 Å². The van der Waals surface area contributed by atoms with E-state index in [4.69, 9.17) is 39.0 Å². The Morgan fingerprint density at radius 2 is 1.10 bits per heavy atom. The molecule has 0 saturated heterocycles. The fourth-order valence-electron chi connectivity index (χ4n) is 5.60. The highest BCUT2D eigenvalue weighted by atomic mass is 16.3. The highest BCUT2D eigenvalue weighted by molar-refractivity contribution is 6.10. The van der Waals surface area contributed by atoms with Crippen LogP contribution in [0, 0.1) is 0 Å². The van der Waals surface area contributed by atoms with Gasteiger partial charge in [0.2, 0.25) is 0 Å². The molecule has 4 heteroatoms. The highest BCUT2D eigenvalue weighted by Crippen LogP contribution is 2.39. The zero-order valence-electron chi connectivity index (χ0n) is 48.1. The first-order valence-electron chi connectivity index (χ1n) is 26.3. The Balaban J connectivity index is 1.15. The fourth-order valence-corrected chi connectivity index (χ4v) is 5.60. The van der Waals surface area contributed by atoms with Gasteiger partial charge in [0, 0.05) is 27.3 Å². The van der Waals surface area contributed by atoms with E-state index in [0.717, 1.165) is 12.4 Å². The largest absolute Gasteiger partial charge is 0.455 e. The van der Waals surface area contributed by atoms with Crippen molar-refractivity contribution in [2.45, 2.75) is 0 Å². The number of nitrogens with zero attached hydrogens (tertiary/aromatic N) is 2. The quantitative estimate of drug-likeness (QED) is 0.184. The second-order valence-electron chi connectivity index (χ2n) is 10.8. The van der Waals surface area contributed by atoms with Crippen LogP contribution in [0.15, 0.2) is 178 Å². The van der Waals surface area contributed by atoms with Gasteiger partial charge in [0.05, 0.1) is 31.5 Å². The Kier molecular flexibility index (Phi) is 3.11. The number of aromatic nitrogens is 2. The topological polar surface area (TPSA) is 52.1 Å². The molecular weight excluding hydrogens is 613 g/mol. The summed E-state index contributed by atoms with van der Waals surface area (Å²) in [5, 5.41) is -0.283. The van der Waals surface area contributed by atoms with Crippen molar-refractivity contribution in [3.8, 4) is 55.8 Å². The smallest absolute Gasteiger partial charge is 0.180 e. The summed E-state index contributed by atoms with van der Waals surface area (Å²) < 4.78 is 212. The van der Waals surface area contributed by atoms with Crippen molar-refractivity contribution in [1.82, 2.24) is 9.97 Å². The number of hydrogen-bond donors (Lipinski definition) is 0. The molecule has 10 aromatic rings. The molecule has 0 spiro atoms. The lowest BCUT2D eigenvalue weighted by molar-refractivity contribution is 0.667. The summed E-state index contributed by atoms with van der Waals surface area (Å²) >= 11 is 0. The minimum atomic E-state index is -0.872. The van der Waals surface area contributed by atoms with E-state index in [9.17, 15) is 1.37 Å². The minimum Gasteiger partial charge on any atom is -0.455 e. The molecular formula is C46H28N2O2. The molecule has 0 aliphatic carbocycles. The molecule has 3 aromatic heterocycles. The first-order chi connectivity index (χ1) is 34.3. The minimum absolute atomic E-state index is 0.0663. The highest BCUT2D eigenvalue weighted by Gasteiger charge is 2.18. The maximum absolute atomic E-state index is 9.49. The van der Waals surface area contributed by atoms with Gasteiger partial charge in [0.25, 0.3) is 0 Å². The Hall–Kier alpha value is -6.78. The van der Waals surface area contributed by atoms with Crippen LogP contribution in [0.4, 0.5) is 0 Å². The van der Waals surface area contributed by atoms with Crippen molar-refractivity contribution in [3.05, 3.63) is 170 Å². The van der Waals surface area contributed by atoms with E-state index in [1.54, 1.807) is 0 Å². The lowest BCUT2D eigenvalue weighted by atomic mass is 9.97. The number of hydrogen-bond acceptors (Lipinski definition) is 4. The lowest BCUT2D eigenvalue weighted by Gasteiger charge is -2.08. The van der Waals surface area contributed by atoms with Crippen LogP contribution in [0.3, 0.4) is 0 Å². The van der Waals surface area contributed by atoms with Crippen LogP contribution in [0.25, 0.3) is 99.8 Å². The van der Waals surface area contributed by atoms with Crippen molar-refractivity contribution < 1.29 is 40.4 Å². The Morgan fingerprint density at radius 3 is 1.96 bits per heavy atom. The summed E-state index contributed by atoms with van der Waals surface area (Å²) in [6, 6.07) is -10.9. The number of fused-ring (bicyclic) bond motifs is 6. The molecule has 50 heavy (non-hydrogen) atoms. The molecule has 7 aromatic carbocycles. The van der Waals surface area contributed by atoms with Crippen LogP contribution in [-0.2, 0) is 0 Å². The average molecular weight is 664 g/mol. The lowest BCUT2D eigenvalue weighted by Crippen LogP contribution is -1.88. The van der Waals surface area contributed by atoms with E-state index in [1.807, 2.05) is 0 Å². The summed E-state index contributed by atoms with van der Waals surface area (Å²) in [7, 11) is 0. The van der Waals surface area contributed by atoms with Crippen molar-refractivity contribution in [3.63, 3.8) is 0 Å². The molecule has 0 aliphatic heterocycles. The monoisotopic (exact) mass is 663 g/mol. The van der Waals surface area contributed by atoms with Crippen LogP contribution in [0.1, 0.15) is 31.5 Å². The summed E-state index contributed by atoms with van der Waals surface area (Å²) in [4.78, 5) is 8.73. The van der Waals surface area contributed by atoms with E-state index in [-0.39, 0.29) is 77.5 Å². The normalized spacial score (nSPS) is 18.0. The third kappa shape index (κ3) is 4.69. The second kappa shape index (κ2) is 11.4. The van der Waals surface area contributed by atoms with Crippen LogP contribution in [-0.4, -0.2) is 9.97 Å². The van der Waals surface area contributed by atoms with Gasteiger partial charge in [-0.15, -0.1) is 0 Å². The molecule has 0 aliphatic rings. The first-order valence-corrected chi connectivity index (χ1v) is 14.8. The van der Waals surface area contributed by atoms with Gasteiger partial charge in [0.1, 0.15) is 34.3 Å². The molecule has 0 radical (unpaired) electrons. The predicted octanol–water partition coefficient (Wildman–Crippen LogP) is 12.6. The maximum Gasteiger partial charge on any atom is 0.180 e. The van der Waals surface area contributed by atoms with Crippen LogP contribution in [0.2, 0.25) is 0 Å². The maximum atomic E-state index is 9.49. The predicted molar refractivity (Wildman–Crippen MR) is 204 cm³/mol. The zero-order chi connectivity index (χ0) is 53.0. The number of para-hydroxylation sites is 2. The van der Waals surface area contributed by atoms with E-state index in [0.29, 0.717) is 0 Å². The van der Waals surface area contributed by atoms with Gasteiger partial charge in [0.15, 0.2) is 5.58 Å². The summed E-state index contributed by atoms with van der Waals surface area (Å²) in [6.07, 6.45) is 1.08. The van der Waals surface area contributed by atoms with Crippen molar-refractivity contribution in [2.75, 3.05) is 0 Å². The Bertz CT molecular complexity index is 4150. The Labute approximate surface area is 320 Å². The first kappa shape index (κ1) is 13.6.